The first-order valence-corrected chi connectivity index (χ1v) is 11.1. The summed E-state index contributed by atoms with van der Waals surface area (Å²) in [5.41, 5.74) is 13.0. The summed E-state index contributed by atoms with van der Waals surface area (Å²) in [5.74, 6) is 0.657. The minimum absolute atomic E-state index is 0.296. The number of nitrogens with two attached hydrogens (primary N) is 1. The first-order valence-electron chi connectivity index (χ1n) is 11.1. The number of hydrogen-bond donors (Lipinski definition) is 1. The number of pyridine rings is 1. The van der Waals surface area contributed by atoms with Crippen molar-refractivity contribution in [3.63, 3.8) is 0 Å². The monoisotopic (exact) mass is 432 g/mol. The van der Waals surface area contributed by atoms with Crippen LogP contribution in [0, 0.1) is 6.92 Å². The molecule has 0 bridgehead atoms. The Morgan fingerprint density at radius 2 is 2.00 bits per heavy atom. The van der Waals surface area contributed by atoms with Crippen LogP contribution in [-0.4, -0.2) is 58.5 Å². The van der Waals surface area contributed by atoms with Crippen LogP contribution in [0.2, 0.25) is 0 Å². The highest BCUT2D eigenvalue weighted by molar-refractivity contribution is 5.64. The SMILES string of the molecule is Cc1cc(-c2cnc(N)c(OCc3ccncc3)n2)cc2c1CCN(CCCN(C)C)C2. The third-order valence-electron chi connectivity index (χ3n) is 5.90. The number of nitrogens with zero attached hydrogens (tertiary/aromatic N) is 5. The standard InChI is InChI=1S/C25H32N6O/c1-18-13-20(14-21-16-31(12-7-22(18)21)11-4-10-30(2)3)23-15-28-24(26)25(29-23)32-17-19-5-8-27-9-6-19/h5-6,8-9,13-15H,4,7,10-12,16-17H2,1-3H3,(H2,26,28). The summed E-state index contributed by atoms with van der Waals surface area (Å²) >= 11 is 0. The molecule has 0 unspecified atom stereocenters. The van der Waals surface area contributed by atoms with E-state index in [0.29, 0.717) is 18.3 Å². The van der Waals surface area contributed by atoms with Crippen LogP contribution in [0.15, 0.2) is 42.9 Å². The van der Waals surface area contributed by atoms with Crippen LogP contribution in [0.25, 0.3) is 11.3 Å². The van der Waals surface area contributed by atoms with Gasteiger partial charge in [-0.1, -0.05) is 0 Å². The van der Waals surface area contributed by atoms with Gasteiger partial charge in [0.2, 0.25) is 0 Å². The first-order chi connectivity index (χ1) is 15.5. The molecule has 4 rings (SSSR count). The van der Waals surface area contributed by atoms with Gasteiger partial charge in [-0.05, 0) is 93.5 Å². The normalized spacial score (nSPS) is 13.9. The van der Waals surface area contributed by atoms with Gasteiger partial charge in [0, 0.05) is 31.0 Å². The Bertz CT molecular complexity index is 1050. The maximum Gasteiger partial charge on any atom is 0.258 e. The molecule has 0 saturated heterocycles. The zero-order valence-electron chi connectivity index (χ0n) is 19.2. The molecule has 0 fully saturated rings. The van der Waals surface area contributed by atoms with Crippen LogP contribution in [0.4, 0.5) is 5.82 Å². The van der Waals surface area contributed by atoms with Gasteiger partial charge in [-0.3, -0.25) is 9.88 Å². The van der Waals surface area contributed by atoms with Crippen molar-refractivity contribution < 1.29 is 4.74 Å². The van der Waals surface area contributed by atoms with Gasteiger partial charge in [0.25, 0.3) is 5.88 Å². The lowest BCUT2D eigenvalue weighted by Gasteiger charge is -2.30. The van der Waals surface area contributed by atoms with Crippen LogP contribution in [0.5, 0.6) is 5.88 Å². The van der Waals surface area contributed by atoms with Gasteiger partial charge < -0.3 is 15.4 Å². The number of fused-ring (bicyclic) bond motifs is 1. The molecule has 0 amide bonds. The fourth-order valence-corrected chi connectivity index (χ4v) is 4.19. The number of anilines is 1. The van der Waals surface area contributed by atoms with Crippen molar-refractivity contribution in [2.45, 2.75) is 32.9 Å². The average Bonchev–Trinajstić information content (AvgIpc) is 2.79. The minimum Gasteiger partial charge on any atom is -0.470 e. The largest absolute Gasteiger partial charge is 0.470 e. The molecule has 2 aromatic heterocycles. The van der Waals surface area contributed by atoms with E-state index in [-0.39, 0.29) is 0 Å². The molecule has 0 atom stereocenters. The molecular formula is C25H32N6O. The number of hydrogen-bond acceptors (Lipinski definition) is 7. The molecule has 7 heteroatoms. The van der Waals surface area contributed by atoms with E-state index >= 15 is 0 Å². The lowest BCUT2D eigenvalue weighted by Crippen LogP contribution is -2.33. The zero-order valence-corrected chi connectivity index (χ0v) is 19.2. The second-order valence-corrected chi connectivity index (χ2v) is 8.70. The van der Waals surface area contributed by atoms with Gasteiger partial charge in [0.15, 0.2) is 5.82 Å². The molecule has 7 nitrogen and oxygen atoms in total. The Kier molecular flexibility index (Phi) is 6.97. The van der Waals surface area contributed by atoms with Crippen molar-refractivity contribution in [1.29, 1.82) is 0 Å². The molecular weight excluding hydrogens is 400 g/mol. The van der Waals surface area contributed by atoms with E-state index in [1.54, 1.807) is 18.6 Å². The lowest BCUT2D eigenvalue weighted by atomic mass is 9.92. The van der Waals surface area contributed by atoms with Crippen molar-refractivity contribution in [3.8, 4) is 17.1 Å². The highest BCUT2D eigenvalue weighted by Gasteiger charge is 2.19. The fourth-order valence-electron chi connectivity index (χ4n) is 4.19. The molecule has 168 valence electrons. The van der Waals surface area contributed by atoms with Crippen LogP contribution in [0.1, 0.15) is 28.7 Å². The van der Waals surface area contributed by atoms with E-state index < -0.39 is 0 Å². The van der Waals surface area contributed by atoms with E-state index in [1.165, 1.54) is 23.1 Å². The van der Waals surface area contributed by atoms with Gasteiger partial charge in [0.1, 0.15) is 6.61 Å². The number of aromatic nitrogens is 3. The van der Waals surface area contributed by atoms with Crippen LogP contribution >= 0.6 is 0 Å². The summed E-state index contributed by atoms with van der Waals surface area (Å²) in [6.07, 6.45) is 7.49. The summed E-state index contributed by atoms with van der Waals surface area (Å²) in [5, 5.41) is 0. The lowest BCUT2D eigenvalue weighted by molar-refractivity contribution is 0.238. The van der Waals surface area contributed by atoms with Crippen molar-refractivity contribution >= 4 is 5.82 Å². The van der Waals surface area contributed by atoms with Crippen LogP contribution < -0.4 is 10.5 Å². The topological polar surface area (TPSA) is 80.4 Å². The van der Waals surface area contributed by atoms with Crippen molar-refractivity contribution in [2.75, 3.05) is 39.5 Å². The third-order valence-corrected chi connectivity index (χ3v) is 5.90. The van der Waals surface area contributed by atoms with Gasteiger partial charge in [-0.15, -0.1) is 0 Å². The van der Waals surface area contributed by atoms with Gasteiger partial charge in [0.05, 0.1) is 11.9 Å². The minimum atomic E-state index is 0.296. The molecule has 0 saturated carbocycles. The van der Waals surface area contributed by atoms with E-state index in [9.17, 15) is 0 Å². The number of ether oxygens (including phenoxy) is 1. The second-order valence-electron chi connectivity index (χ2n) is 8.70. The quantitative estimate of drug-likeness (QED) is 0.585. The predicted molar refractivity (Wildman–Crippen MR) is 127 cm³/mol. The van der Waals surface area contributed by atoms with Gasteiger partial charge >= 0.3 is 0 Å². The molecule has 1 aromatic carbocycles. The summed E-state index contributed by atoms with van der Waals surface area (Å²) in [7, 11) is 4.26. The maximum atomic E-state index is 6.04. The first kappa shape index (κ1) is 22.2. The van der Waals surface area contributed by atoms with Crippen LogP contribution in [-0.2, 0) is 19.6 Å². The molecule has 0 aliphatic carbocycles. The van der Waals surface area contributed by atoms with Crippen LogP contribution in [0.3, 0.4) is 0 Å². The third kappa shape index (κ3) is 5.41. The molecule has 2 N–H and O–H groups in total. The molecule has 1 aliphatic heterocycles. The summed E-state index contributed by atoms with van der Waals surface area (Å²) in [6, 6.07) is 8.27. The number of rotatable bonds is 8. The molecule has 1 aliphatic rings. The molecule has 3 aromatic rings. The van der Waals surface area contributed by atoms with Gasteiger partial charge in [-0.2, -0.15) is 0 Å². The van der Waals surface area contributed by atoms with E-state index in [2.05, 4.69) is 52.9 Å². The second kappa shape index (κ2) is 10.1. The molecule has 32 heavy (non-hydrogen) atoms. The van der Waals surface area contributed by atoms with Crippen molar-refractivity contribution in [2.24, 2.45) is 0 Å². The molecule has 0 radical (unpaired) electrons. The van der Waals surface area contributed by atoms with Crippen molar-refractivity contribution in [1.82, 2.24) is 24.8 Å². The number of nitrogen functional groups attached to an aromatic ring is 1. The zero-order chi connectivity index (χ0) is 22.5. The summed E-state index contributed by atoms with van der Waals surface area (Å²) < 4.78 is 5.87. The fraction of sp³-hybridized carbons (Fsp3) is 0.400. The van der Waals surface area contributed by atoms with Crippen molar-refractivity contribution in [3.05, 3.63) is 65.1 Å². The Balaban J connectivity index is 1.52. The summed E-state index contributed by atoms with van der Waals surface area (Å²) in [4.78, 5) is 17.9. The van der Waals surface area contributed by atoms with E-state index in [1.807, 2.05) is 12.1 Å². The van der Waals surface area contributed by atoms with E-state index in [0.717, 1.165) is 49.4 Å². The number of aryl methyl sites for hydroxylation is 1. The van der Waals surface area contributed by atoms with Gasteiger partial charge in [-0.25, -0.2) is 9.97 Å². The number of benzene rings is 1. The average molecular weight is 433 g/mol. The Morgan fingerprint density at radius 1 is 1.19 bits per heavy atom. The summed E-state index contributed by atoms with van der Waals surface area (Å²) in [6.45, 7) is 6.90. The Hall–Kier alpha value is -3.03. The van der Waals surface area contributed by atoms with E-state index in [4.69, 9.17) is 15.5 Å². The Labute approximate surface area is 190 Å². The molecule has 0 spiro atoms. The predicted octanol–water partition coefficient (Wildman–Crippen LogP) is 3.32. The molecule has 3 heterocycles. The highest BCUT2D eigenvalue weighted by atomic mass is 16.5. The highest BCUT2D eigenvalue weighted by Crippen LogP contribution is 2.30. The maximum absolute atomic E-state index is 6.04. The smallest absolute Gasteiger partial charge is 0.258 e. The Morgan fingerprint density at radius 3 is 2.78 bits per heavy atom.